The molecule has 3 rings (SSSR count). The fourth-order valence-corrected chi connectivity index (χ4v) is 3.62. The summed E-state index contributed by atoms with van der Waals surface area (Å²) in [6.07, 6.45) is 1.11. The Hall–Kier alpha value is -1.85. The lowest BCUT2D eigenvalue weighted by Crippen LogP contribution is -2.26. The summed E-state index contributed by atoms with van der Waals surface area (Å²) in [5.74, 6) is -0.287. The van der Waals surface area contributed by atoms with Crippen molar-refractivity contribution in [1.82, 2.24) is 4.90 Å². The first-order chi connectivity index (χ1) is 12.2. The molecule has 0 aliphatic carbocycles. The third-order valence-corrected chi connectivity index (χ3v) is 5.02. The van der Waals surface area contributed by atoms with E-state index in [0.717, 1.165) is 36.2 Å². The largest absolute Gasteiger partial charge is 0.462 e. The highest BCUT2D eigenvalue weighted by molar-refractivity contribution is 9.10. The number of likely N-dealkylation sites (tertiary alicyclic amines) is 1. The van der Waals surface area contributed by atoms with Crippen LogP contribution >= 0.6 is 15.9 Å². The Balaban J connectivity index is 1.57. The van der Waals surface area contributed by atoms with Crippen molar-refractivity contribution in [1.29, 1.82) is 0 Å². The van der Waals surface area contributed by atoms with Crippen LogP contribution in [0.4, 0.5) is 5.69 Å². The van der Waals surface area contributed by atoms with Crippen molar-refractivity contribution < 1.29 is 9.53 Å². The molecule has 0 radical (unpaired) electrons. The second-order valence-corrected chi connectivity index (χ2v) is 7.12. The number of rotatable bonds is 6. The minimum Gasteiger partial charge on any atom is -0.462 e. The van der Waals surface area contributed by atoms with Crippen LogP contribution in [0.2, 0.25) is 0 Å². The maximum Gasteiger partial charge on any atom is 0.338 e. The number of hydrogen-bond donors (Lipinski definition) is 1. The summed E-state index contributed by atoms with van der Waals surface area (Å²) in [5, 5.41) is 3.58. The summed E-state index contributed by atoms with van der Waals surface area (Å²) >= 11 is 3.56. The van der Waals surface area contributed by atoms with Crippen LogP contribution in [-0.2, 0) is 11.3 Å². The third kappa shape index (κ3) is 4.83. The van der Waals surface area contributed by atoms with Crippen LogP contribution in [-0.4, -0.2) is 36.6 Å². The van der Waals surface area contributed by atoms with E-state index in [1.54, 1.807) is 0 Å². The highest BCUT2D eigenvalue weighted by atomic mass is 79.9. The van der Waals surface area contributed by atoms with Crippen molar-refractivity contribution >= 4 is 27.6 Å². The number of nitrogens with zero attached hydrogens (tertiary/aromatic N) is 1. The van der Waals surface area contributed by atoms with Crippen molar-refractivity contribution in [2.24, 2.45) is 0 Å². The van der Waals surface area contributed by atoms with Gasteiger partial charge in [-0.25, -0.2) is 4.79 Å². The Morgan fingerprint density at radius 2 is 2.08 bits per heavy atom. The van der Waals surface area contributed by atoms with Crippen molar-refractivity contribution in [2.45, 2.75) is 25.9 Å². The average Bonchev–Trinajstić information content (AvgIpc) is 3.05. The second kappa shape index (κ2) is 8.50. The Morgan fingerprint density at radius 3 is 2.80 bits per heavy atom. The Labute approximate surface area is 157 Å². The van der Waals surface area contributed by atoms with Gasteiger partial charge in [-0.1, -0.05) is 30.3 Å². The molecule has 25 heavy (non-hydrogen) atoms. The molecule has 2 aromatic carbocycles. The number of esters is 1. The van der Waals surface area contributed by atoms with Gasteiger partial charge in [0.2, 0.25) is 0 Å². The van der Waals surface area contributed by atoms with Crippen LogP contribution in [0.25, 0.3) is 0 Å². The van der Waals surface area contributed by atoms with Gasteiger partial charge in [0.05, 0.1) is 12.2 Å². The van der Waals surface area contributed by atoms with Gasteiger partial charge in [-0.2, -0.15) is 0 Å². The van der Waals surface area contributed by atoms with Crippen molar-refractivity contribution in [3.63, 3.8) is 0 Å². The normalized spacial score (nSPS) is 17.4. The van der Waals surface area contributed by atoms with Gasteiger partial charge < -0.3 is 10.1 Å². The Kier molecular flexibility index (Phi) is 6.10. The lowest BCUT2D eigenvalue weighted by atomic mass is 10.2. The maximum atomic E-state index is 11.8. The average molecular weight is 403 g/mol. The number of benzene rings is 2. The van der Waals surface area contributed by atoms with Crippen LogP contribution in [0.1, 0.15) is 29.3 Å². The first-order valence-electron chi connectivity index (χ1n) is 8.65. The quantitative estimate of drug-likeness (QED) is 0.730. The number of hydrogen-bond acceptors (Lipinski definition) is 4. The fraction of sp³-hybridized carbons (Fsp3) is 0.350. The number of ether oxygens (including phenoxy) is 1. The van der Waals surface area contributed by atoms with Gasteiger partial charge in [0.15, 0.2) is 0 Å². The number of halogens is 1. The van der Waals surface area contributed by atoms with Crippen LogP contribution < -0.4 is 5.32 Å². The molecule has 2 aromatic rings. The van der Waals surface area contributed by atoms with Gasteiger partial charge in [-0.05, 0) is 53.0 Å². The highest BCUT2D eigenvalue weighted by Crippen LogP contribution is 2.26. The maximum absolute atomic E-state index is 11.8. The predicted octanol–water partition coefficient (Wildman–Crippen LogP) is 4.31. The SMILES string of the molecule is CCOC(=O)c1ccc(NC2CCN(Cc3ccccc3)C2)c(Br)c1. The highest BCUT2D eigenvalue weighted by Gasteiger charge is 2.23. The molecule has 0 saturated carbocycles. The lowest BCUT2D eigenvalue weighted by Gasteiger charge is -2.18. The summed E-state index contributed by atoms with van der Waals surface area (Å²) in [5.41, 5.74) is 2.93. The van der Waals surface area contributed by atoms with Gasteiger partial charge in [0, 0.05) is 35.8 Å². The van der Waals surface area contributed by atoms with Gasteiger partial charge >= 0.3 is 5.97 Å². The minimum absolute atomic E-state index is 0.287. The zero-order valence-electron chi connectivity index (χ0n) is 14.4. The molecule has 0 spiro atoms. The topological polar surface area (TPSA) is 41.6 Å². The first kappa shape index (κ1) is 18.0. The van der Waals surface area contributed by atoms with Crippen molar-refractivity contribution in [2.75, 3.05) is 25.0 Å². The molecule has 1 aliphatic heterocycles. The van der Waals surface area contributed by atoms with E-state index in [-0.39, 0.29) is 5.97 Å². The summed E-state index contributed by atoms with van der Waals surface area (Å²) in [4.78, 5) is 14.3. The van der Waals surface area contributed by atoms with Crippen molar-refractivity contribution in [3.05, 3.63) is 64.1 Å². The van der Waals surface area contributed by atoms with E-state index in [9.17, 15) is 4.79 Å². The van der Waals surface area contributed by atoms with E-state index in [4.69, 9.17) is 4.74 Å². The zero-order chi connectivity index (χ0) is 17.6. The van der Waals surface area contributed by atoms with Gasteiger partial charge in [0.25, 0.3) is 0 Å². The van der Waals surface area contributed by atoms with E-state index < -0.39 is 0 Å². The Bertz CT molecular complexity index is 721. The van der Waals surface area contributed by atoms with Crippen LogP contribution in [0, 0.1) is 0 Å². The molecule has 1 fully saturated rings. The molecule has 1 heterocycles. The molecule has 1 aliphatic rings. The van der Waals surface area contributed by atoms with Crippen LogP contribution in [0.3, 0.4) is 0 Å². The summed E-state index contributed by atoms with van der Waals surface area (Å²) in [6.45, 7) is 5.29. The predicted molar refractivity (Wildman–Crippen MR) is 104 cm³/mol. The fourth-order valence-electron chi connectivity index (χ4n) is 3.13. The first-order valence-corrected chi connectivity index (χ1v) is 9.44. The van der Waals surface area contributed by atoms with Crippen LogP contribution in [0.15, 0.2) is 53.0 Å². The van der Waals surface area contributed by atoms with Gasteiger partial charge in [-0.15, -0.1) is 0 Å². The molecule has 4 nitrogen and oxygen atoms in total. The lowest BCUT2D eigenvalue weighted by molar-refractivity contribution is 0.0526. The summed E-state index contributed by atoms with van der Waals surface area (Å²) in [6, 6.07) is 16.5. The zero-order valence-corrected chi connectivity index (χ0v) is 16.0. The molecule has 1 unspecified atom stereocenters. The monoisotopic (exact) mass is 402 g/mol. The van der Waals surface area contributed by atoms with Gasteiger partial charge in [0.1, 0.15) is 0 Å². The van der Waals surface area contributed by atoms with E-state index in [2.05, 4.69) is 56.5 Å². The molecule has 1 atom stereocenters. The molecular formula is C20H23BrN2O2. The molecule has 5 heteroatoms. The molecular weight excluding hydrogens is 380 g/mol. The van der Waals surface area contributed by atoms with E-state index in [1.165, 1.54) is 5.56 Å². The summed E-state index contributed by atoms with van der Waals surface area (Å²) in [7, 11) is 0. The number of carbonyl (C=O) groups is 1. The minimum atomic E-state index is -0.287. The molecule has 0 bridgehead atoms. The van der Waals surface area contributed by atoms with E-state index >= 15 is 0 Å². The molecule has 1 N–H and O–H groups in total. The molecule has 0 aromatic heterocycles. The third-order valence-electron chi connectivity index (χ3n) is 4.36. The van der Waals surface area contributed by atoms with E-state index in [1.807, 2.05) is 25.1 Å². The van der Waals surface area contributed by atoms with Crippen LogP contribution in [0.5, 0.6) is 0 Å². The molecule has 0 amide bonds. The number of nitrogens with one attached hydrogen (secondary N) is 1. The number of carbonyl (C=O) groups excluding carboxylic acids is 1. The van der Waals surface area contributed by atoms with E-state index in [0.29, 0.717) is 18.2 Å². The molecule has 132 valence electrons. The Morgan fingerprint density at radius 1 is 1.28 bits per heavy atom. The smallest absolute Gasteiger partial charge is 0.338 e. The standard InChI is InChI=1S/C20H23BrN2O2/c1-2-25-20(24)16-8-9-19(18(21)12-16)22-17-10-11-23(14-17)13-15-6-4-3-5-7-15/h3-9,12,17,22H,2,10-11,13-14H2,1H3. The second-order valence-electron chi connectivity index (χ2n) is 6.27. The van der Waals surface area contributed by atoms with Crippen molar-refractivity contribution in [3.8, 4) is 0 Å². The number of anilines is 1. The molecule has 1 saturated heterocycles. The summed E-state index contributed by atoms with van der Waals surface area (Å²) < 4.78 is 5.93. The van der Waals surface area contributed by atoms with Gasteiger partial charge in [-0.3, -0.25) is 4.90 Å².